The van der Waals surface area contributed by atoms with Gasteiger partial charge in [0.05, 0.1) is 0 Å². The normalized spacial score (nSPS) is 25.4. The molecule has 0 radical (unpaired) electrons. The van der Waals surface area contributed by atoms with Crippen molar-refractivity contribution in [3.8, 4) is 0 Å². The van der Waals surface area contributed by atoms with E-state index in [2.05, 4.69) is 13.8 Å². The monoisotopic (exact) mass is 188 g/mol. The Kier molecular flexibility index (Phi) is 3.40. The van der Waals surface area contributed by atoms with Crippen molar-refractivity contribution in [3.05, 3.63) is 0 Å². The number of thioether (sulfide) groups is 1. The molecule has 2 N–H and O–H groups in total. The minimum Gasteiger partial charge on any atom is -0.336 e. The maximum atomic E-state index is 11.2. The van der Waals surface area contributed by atoms with E-state index < -0.39 is 0 Å². The van der Waals surface area contributed by atoms with Crippen molar-refractivity contribution in [2.45, 2.75) is 25.9 Å². The zero-order valence-corrected chi connectivity index (χ0v) is 8.43. The number of β-lactam (4-membered cyclic amide) rings is 1. The molecule has 0 bridgehead atoms. The predicted octanol–water partition coefficient (Wildman–Crippen LogP) is 0.297. The smallest absolute Gasteiger partial charge is 0.241 e. The Morgan fingerprint density at radius 2 is 2.50 bits per heavy atom. The highest BCUT2D eigenvalue weighted by Gasteiger charge is 2.36. The number of amides is 1. The van der Waals surface area contributed by atoms with Crippen molar-refractivity contribution < 1.29 is 4.79 Å². The number of carbonyl (C=O) groups excluding carboxylic acids is 1. The molecule has 1 aliphatic heterocycles. The summed E-state index contributed by atoms with van der Waals surface area (Å²) in [4.78, 5) is 13.0. The van der Waals surface area contributed by atoms with E-state index in [0.29, 0.717) is 6.04 Å². The number of hydrogen-bond donors (Lipinski definition) is 1. The first-order valence-corrected chi connectivity index (χ1v) is 5.46. The summed E-state index contributed by atoms with van der Waals surface area (Å²) in [7, 11) is 0. The first-order valence-electron chi connectivity index (χ1n) is 4.30. The van der Waals surface area contributed by atoms with Gasteiger partial charge in [0.25, 0.3) is 0 Å². The molecule has 0 saturated carbocycles. The van der Waals surface area contributed by atoms with Crippen LogP contribution >= 0.6 is 11.8 Å². The molecule has 2 unspecified atom stereocenters. The van der Waals surface area contributed by atoms with Crippen LogP contribution in [0.15, 0.2) is 0 Å². The van der Waals surface area contributed by atoms with Gasteiger partial charge in [0.1, 0.15) is 6.04 Å². The Morgan fingerprint density at radius 1 is 1.83 bits per heavy atom. The third-order valence-electron chi connectivity index (χ3n) is 2.09. The lowest BCUT2D eigenvalue weighted by Gasteiger charge is -2.40. The van der Waals surface area contributed by atoms with E-state index in [4.69, 9.17) is 5.73 Å². The van der Waals surface area contributed by atoms with Crippen molar-refractivity contribution in [2.24, 2.45) is 5.73 Å². The molecule has 1 fully saturated rings. The molecule has 1 amide bonds. The van der Waals surface area contributed by atoms with E-state index in [9.17, 15) is 4.79 Å². The number of rotatable bonds is 4. The molecule has 0 aromatic carbocycles. The summed E-state index contributed by atoms with van der Waals surface area (Å²) in [5, 5.41) is 0. The third-order valence-corrected chi connectivity index (χ3v) is 3.22. The van der Waals surface area contributed by atoms with Crippen LogP contribution in [-0.4, -0.2) is 40.9 Å². The van der Waals surface area contributed by atoms with Crippen molar-refractivity contribution in [1.82, 2.24) is 4.90 Å². The molecule has 1 heterocycles. The lowest BCUT2D eigenvalue weighted by Crippen LogP contribution is -2.64. The fourth-order valence-corrected chi connectivity index (χ4v) is 2.01. The summed E-state index contributed by atoms with van der Waals surface area (Å²) in [6, 6.07) is 0.126. The predicted molar refractivity (Wildman–Crippen MR) is 52.1 cm³/mol. The molecular weight excluding hydrogens is 172 g/mol. The van der Waals surface area contributed by atoms with E-state index in [1.54, 1.807) is 0 Å². The van der Waals surface area contributed by atoms with E-state index in [1.807, 2.05) is 16.7 Å². The molecule has 12 heavy (non-hydrogen) atoms. The number of hydrogen-bond acceptors (Lipinski definition) is 3. The van der Waals surface area contributed by atoms with Crippen LogP contribution in [-0.2, 0) is 4.79 Å². The Labute approximate surface area is 77.7 Å². The van der Waals surface area contributed by atoms with Crippen LogP contribution in [0, 0.1) is 0 Å². The molecule has 0 aromatic heterocycles. The van der Waals surface area contributed by atoms with Gasteiger partial charge >= 0.3 is 0 Å². The highest BCUT2D eigenvalue weighted by molar-refractivity contribution is 7.99. The van der Waals surface area contributed by atoms with Crippen LogP contribution < -0.4 is 5.73 Å². The van der Waals surface area contributed by atoms with Crippen LogP contribution in [0.1, 0.15) is 13.8 Å². The summed E-state index contributed by atoms with van der Waals surface area (Å²) >= 11 is 1.86. The molecule has 2 atom stereocenters. The number of carbonyl (C=O) groups is 1. The van der Waals surface area contributed by atoms with Crippen LogP contribution in [0.25, 0.3) is 0 Å². The molecule has 70 valence electrons. The van der Waals surface area contributed by atoms with Gasteiger partial charge in [-0.25, -0.2) is 0 Å². The van der Waals surface area contributed by atoms with E-state index >= 15 is 0 Å². The first-order chi connectivity index (χ1) is 5.66. The standard InChI is InChI=1S/C8H16N2OS/c1-3-12-5-6(2)10-4-7(9)8(10)11/h6-7H,3-5,9H2,1-2H3. The second-order valence-corrected chi connectivity index (χ2v) is 4.42. The average Bonchev–Trinajstić information content (AvgIpc) is 2.09. The van der Waals surface area contributed by atoms with Crippen LogP contribution in [0.4, 0.5) is 0 Å². The second kappa shape index (κ2) is 4.14. The maximum absolute atomic E-state index is 11.2. The van der Waals surface area contributed by atoms with E-state index in [0.717, 1.165) is 18.1 Å². The Balaban J connectivity index is 2.25. The fraction of sp³-hybridized carbons (Fsp3) is 0.875. The highest BCUT2D eigenvalue weighted by atomic mass is 32.2. The molecule has 3 nitrogen and oxygen atoms in total. The molecule has 4 heteroatoms. The molecule has 1 aliphatic rings. The fourth-order valence-electron chi connectivity index (χ4n) is 1.26. The SMILES string of the molecule is CCSCC(C)N1CC(N)C1=O. The third kappa shape index (κ3) is 1.93. The van der Waals surface area contributed by atoms with Gasteiger partial charge in [-0.2, -0.15) is 11.8 Å². The minimum atomic E-state index is -0.223. The second-order valence-electron chi connectivity index (χ2n) is 3.11. The van der Waals surface area contributed by atoms with Gasteiger partial charge < -0.3 is 10.6 Å². The quantitative estimate of drug-likeness (QED) is 0.645. The molecular formula is C8H16N2OS. The highest BCUT2D eigenvalue weighted by Crippen LogP contribution is 2.15. The molecule has 0 aliphatic carbocycles. The van der Waals surface area contributed by atoms with Crippen molar-refractivity contribution in [3.63, 3.8) is 0 Å². The van der Waals surface area contributed by atoms with Gasteiger partial charge in [-0.1, -0.05) is 6.92 Å². The zero-order chi connectivity index (χ0) is 9.14. The Morgan fingerprint density at radius 3 is 2.92 bits per heavy atom. The lowest BCUT2D eigenvalue weighted by atomic mass is 10.1. The molecule has 0 spiro atoms. The van der Waals surface area contributed by atoms with Crippen LogP contribution in [0.2, 0.25) is 0 Å². The van der Waals surface area contributed by atoms with Gasteiger partial charge in [0, 0.05) is 18.3 Å². The van der Waals surface area contributed by atoms with Gasteiger partial charge in [-0.05, 0) is 12.7 Å². The van der Waals surface area contributed by atoms with Crippen LogP contribution in [0.5, 0.6) is 0 Å². The Bertz CT molecular complexity index is 174. The van der Waals surface area contributed by atoms with E-state index in [-0.39, 0.29) is 11.9 Å². The molecule has 1 rings (SSSR count). The number of nitrogens with zero attached hydrogens (tertiary/aromatic N) is 1. The average molecular weight is 188 g/mol. The zero-order valence-electron chi connectivity index (χ0n) is 7.62. The summed E-state index contributed by atoms with van der Waals surface area (Å²) in [5.74, 6) is 2.24. The number of likely N-dealkylation sites (tertiary alicyclic amines) is 1. The van der Waals surface area contributed by atoms with Gasteiger partial charge in [-0.15, -0.1) is 0 Å². The molecule has 0 aromatic rings. The number of nitrogens with two attached hydrogens (primary N) is 1. The first kappa shape index (κ1) is 9.86. The largest absolute Gasteiger partial charge is 0.336 e. The summed E-state index contributed by atoms with van der Waals surface area (Å²) < 4.78 is 0. The minimum absolute atomic E-state index is 0.110. The Hall–Kier alpha value is -0.220. The van der Waals surface area contributed by atoms with Crippen molar-refractivity contribution in [2.75, 3.05) is 18.1 Å². The summed E-state index contributed by atoms with van der Waals surface area (Å²) in [6.07, 6.45) is 0. The topological polar surface area (TPSA) is 46.3 Å². The van der Waals surface area contributed by atoms with Crippen molar-refractivity contribution in [1.29, 1.82) is 0 Å². The summed E-state index contributed by atoms with van der Waals surface area (Å²) in [5.41, 5.74) is 5.48. The lowest BCUT2D eigenvalue weighted by molar-refractivity contribution is -0.144. The van der Waals surface area contributed by atoms with Crippen molar-refractivity contribution >= 4 is 17.7 Å². The van der Waals surface area contributed by atoms with Gasteiger partial charge in [-0.3, -0.25) is 4.79 Å². The van der Waals surface area contributed by atoms with Gasteiger partial charge in [0.15, 0.2) is 0 Å². The van der Waals surface area contributed by atoms with E-state index in [1.165, 1.54) is 0 Å². The van der Waals surface area contributed by atoms with Crippen LogP contribution in [0.3, 0.4) is 0 Å². The summed E-state index contributed by atoms with van der Waals surface area (Å²) in [6.45, 7) is 4.94. The molecule has 1 saturated heterocycles. The van der Waals surface area contributed by atoms with Gasteiger partial charge in [0.2, 0.25) is 5.91 Å². The maximum Gasteiger partial charge on any atom is 0.241 e.